The summed E-state index contributed by atoms with van der Waals surface area (Å²) in [6.07, 6.45) is -0.574. The molecule has 1 unspecified atom stereocenters. The van der Waals surface area contributed by atoms with Gasteiger partial charge in [0.1, 0.15) is 0 Å². The van der Waals surface area contributed by atoms with Gasteiger partial charge >= 0.3 is 5.97 Å². The van der Waals surface area contributed by atoms with E-state index in [-0.39, 0.29) is 5.91 Å². The topological polar surface area (TPSA) is 55.4 Å². The third kappa shape index (κ3) is 2.96. The molecule has 1 amide bonds. The Morgan fingerprint density at radius 1 is 1.08 bits per heavy atom. The Morgan fingerprint density at radius 2 is 1.88 bits per heavy atom. The van der Waals surface area contributed by atoms with Crippen molar-refractivity contribution in [1.29, 1.82) is 0 Å². The minimum absolute atomic E-state index is 0.304. The maximum atomic E-state index is 12.6. The van der Waals surface area contributed by atoms with E-state index in [2.05, 4.69) is 5.32 Å². The Balaban J connectivity index is 1.60. The Labute approximate surface area is 149 Å². The van der Waals surface area contributed by atoms with Crippen LogP contribution in [-0.4, -0.2) is 18.0 Å². The number of amides is 1. The van der Waals surface area contributed by atoms with Crippen molar-refractivity contribution >= 4 is 39.9 Å². The average molecular weight is 352 g/mol. The van der Waals surface area contributed by atoms with E-state index < -0.39 is 12.1 Å². The van der Waals surface area contributed by atoms with E-state index in [0.29, 0.717) is 22.7 Å². The van der Waals surface area contributed by atoms with Gasteiger partial charge in [-0.1, -0.05) is 48.0 Å². The van der Waals surface area contributed by atoms with Crippen molar-refractivity contribution < 1.29 is 14.3 Å². The highest BCUT2D eigenvalue weighted by Gasteiger charge is 2.31. The number of nitrogens with one attached hydrogen (secondary N) is 1. The highest BCUT2D eigenvalue weighted by molar-refractivity contribution is 6.30. The second kappa shape index (κ2) is 6.22. The quantitative estimate of drug-likeness (QED) is 0.703. The molecular weight excluding hydrogens is 338 g/mol. The molecule has 0 fully saturated rings. The fraction of sp³-hybridized carbons (Fsp3) is 0.100. The van der Waals surface area contributed by atoms with E-state index in [9.17, 15) is 9.59 Å². The van der Waals surface area contributed by atoms with Crippen molar-refractivity contribution in [2.24, 2.45) is 0 Å². The first-order chi connectivity index (χ1) is 12.1. The number of esters is 1. The van der Waals surface area contributed by atoms with Crippen LogP contribution >= 0.6 is 11.6 Å². The van der Waals surface area contributed by atoms with Crippen LogP contribution in [0.5, 0.6) is 0 Å². The molecule has 3 aromatic rings. The standard InChI is InChI=1S/C20H14ClNO3/c21-14-8-9-16-13(10-14)11-18(25-20(16)24)19(23)22-17-7-3-5-12-4-1-2-6-15(12)17/h1-10,18H,11H2,(H,22,23). The van der Waals surface area contributed by atoms with Crippen LogP contribution in [0.2, 0.25) is 5.02 Å². The molecule has 124 valence electrons. The smallest absolute Gasteiger partial charge is 0.339 e. The number of carbonyl (C=O) groups is 2. The van der Waals surface area contributed by atoms with Gasteiger partial charge in [-0.2, -0.15) is 0 Å². The molecule has 0 aliphatic carbocycles. The van der Waals surface area contributed by atoms with E-state index in [4.69, 9.17) is 16.3 Å². The summed E-state index contributed by atoms with van der Waals surface area (Å²) in [7, 11) is 0. The van der Waals surface area contributed by atoms with Gasteiger partial charge in [0.25, 0.3) is 5.91 Å². The first kappa shape index (κ1) is 15.7. The van der Waals surface area contributed by atoms with Crippen molar-refractivity contribution in [3.63, 3.8) is 0 Å². The second-order valence-corrected chi connectivity index (χ2v) is 6.35. The number of hydrogen-bond donors (Lipinski definition) is 1. The van der Waals surface area contributed by atoms with Gasteiger partial charge in [-0.25, -0.2) is 4.79 Å². The summed E-state index contributed by atoms with van der Waals surface area (Å²) < 4.78 is 5.30. The average Bonchev–Trinajstić information content (AvgIpc) is 2.61. The zero-order valence-corrected chi connectivity index (χ0v) is 13.9. The van der Waals surface area contributed by atoms with Crippen LogP contribution in [0, 0.1) is 0 Å². The molecule has 0 saturated carbocycles. The highest BCUT2D eigenvalue weighted by Crippen LogP contribution is 2.26. The number of anilines is 1. The van der Waals surface area contributed by atoms with E-state index in [1.807, 2.05) is 42.5 Å². The lowest BCUT2D eigenvalue weighted by Crippen LogP contribution is -2.38. The van der Waals surface area contributed by atoms with Gasteiger partial charge in [0, 0.05) is 22.5 Å². The van der Waals surface area contributed by atoms with Crippen LogP contribution in [0.1, 0.15) is 15.9 Å². The minimum Gasteiger partial charge on any atom is -0.448 e. The van der Waals surface area contributed by atoms with E-state index in [1.54, 1.807) is 18.2 Å². The van der Waals surface area contributed by atoms with Gasteiger partial charge in [0.05, 0.1) is 5.56 Å². The Bertz CT molecular complexity index is 994. The van der Waals surface area contributed by atoms with E-state index >= 15 is 0 Å². The molecule has 3 aromatic carbocycles. The number of ether oxygens (including phenoxy) is 1. The second-order valence-electron chi connectivity index (χ2n) is 5.92. The van der Waals surface area contributed by atoms with Crippen molar-refractivity contribution in [2.45, 2.75) is 12.5 Å². The number of halogens is 1. The van der Waals surface area contributed by atoms with E-state index in [0.717, 1.165) is 16.3 Å². The van der Waals surface area contributed by atoms with Crippen molar-refractivity contribution in [2.75, 3.05) is 5.32 Å². The molecule has 1 N–H and O–H groups in total. The predicted molar refractivity (Wildman–Crippen MR) is 96.9 cm³/mol. The first-order valence-corrected chi connectivity index (χ1v) is 8.27. The van der Waals surface area contributed by atoms with E-state index in [1.165, 1.54) is 0 Å². The number of carbonyl (C=O) groups excluding carboxylic acids is 2. The molecule has 0 aromatic heterocycles. The third-order valence-corrected chi connectivity index (χ3v) is 4.52. The zero-order chi connectivity index (χ0) is 17.4. The predicted octanol–water partition coefficient (Wildman–Crippen LogP) is 4.21. The van der Waals surface area contributed by atoms with Crippen LogP contribution in [0.25, 0.3) is 10.8 Å². The Hall–Kier alpha value is -2.85. The maximum Gasteiger partial charge on any atom is 0.339 e. The highest BCUT2D eigenvalue weighted by atomic mass is 35.5. The normalized spacial score (nSPS) is 16.2. The van der Waals surface area contributed by atoms with Gasteiger partial charge in [0.2, 0.25) is 0 Å². The van der Waals surface area contributed by atoms with Crippen LogP contribution in [0.3, 0.4) is 0 Å². The van der Waals surface area contributed by atoms with Gasteiger partial charge in [-0.3, -0.25) is 4.79 Å². The van der Waals surface area contributed by atoms with Gasteiger partial charge < -0.3 is 10.1 Å². The first-order valence-electron chi connectivity index (χ1n) is 7.90. The summed E-state index contributed by atoms with van der Waals surface area (Å²) in [6, 6.07) is 18.4. The molecule has 5 heteroatoms. The lowest BCUT2D eigenvalue weighted by Gasteiger charge is -2.24. The SMILES string of the molecule is O=C1OC(C(=O)Nc2cccc3ccccc23)Cc2cc(Cl)ccc21. The summed E-state index contributed by atoms with van der Waals surface area (Å²) in [6.45, 7) is 0. The van der Waals surface area contributed by atoms with Gasteiger partial charge in [-0.05, 0) is 35.2 Å². The lowest BCUT2D eigenvalue weighted by molar-refractivity contribution is -0.125. The van der Waals surface area contributed by atoms with Crippen molar-refractivity contribution in [3.8, 4) is 0 Å². The number of hydrogen-bond acceptors (Lipinski definition) is 3. The minimum atomic E-state index is -0.877. The molecule has 1 heterocycles. The molecule has 0 saturated heterocycles. The fourth-order valence-electron chi connectivity index (χ4n) is 3.06. The third-order valence-electron chi connectivity index (χ3n) is 4.28. The van der Waals surface area contributed by atoms with Gasteiger partial charge in [-0.15, -0.1) is 0 Å². The maximum absolute atomic E-state index is 12.6. The fourth-order valence-corrected chi connectivity index (χ4v) is 3.25. The van der Waals surface area contributed by atoms with Crippen LogP contribution < -0.4 is 5.32 Å². The largest absolute Gasteiger partial charge is 0.448 e. The summed E-state index contributed by atoms with van der Waals surface area (Å²) in [4.78, 5) is 24.8. The Morgan fingerprint density at radius 3 is 2.76 bits per heavy atom. The molecule has 25 heavy (non-hydrogen) atoms. The number of benzene rings is 3. The van der Waals surface area contributed by atoms with Gasteiger partial charge in [0.15, 0.2) is 6.10 Å². The molecule has 4 rings (SSSR count). The summed E-state index contributed by atoms with van der Waals surface area (Å²) in [5.41, 5.74) is 1.87. The summed E-state index contributed by atoms with van der Waals surface area (Å²) in [5, 5.41) is 5.36. The summed E-state index contributed by atoms with van der Waals surface area (Å²) >= 11 is 5.99. The molecular formula is C20H14ClNO3. The van der Waals surface area contributed by atoms with Crippen LogP contribution in [-0.2, 0) is 16.0 Å². The molecule has 1 aliphatic rings. The number of rotatable bonds is 2. The molecule has 1 atom stereocenters. The Kier molecular flexibility index (Phi) is 3.90. The number of fused-ring (bicyclic) bond motifs is 2. The van der Waals surface area contributed by atoms with Crippen LogP contribution in [0.4, 0.5) is 5.69 Å². The molecule has 1 aliphatic heterocycles. The lowest BCUT2D eigenvalue weighted by atomic mass is 9.98. The molecule has 0 spiro atoms. The molecule has 4 nitrogen and oxygen atoms in total. The van der Waals surface area contributed by atoms with Crippen molar-refractivity contribution in [1.82, 2.24) is 0 Å². The zero-order valence-electron chi connectivity index (χ0n) is 13.2. The van der Waals surface area contributed by atoms with Crippen molar-refractivity contribution in [3.05, 3.63) is 76.8 Å². The monoisotopic (exact) mass is 351 g/mol. The molecule has 0 radical (unpaired) electrons. The number of cyclic esters (lactones) is 1. The molecule has 0 bridgehead atoms. The van der Waals surface area contributed by atoms with Crippen LogP contribution in [0.15, 0.2) is 60.7 Å². The summed E-state index contributed by atoms with van der Waals surface area (Å²) in [5.74, 6) is -0.855.